The Labute approximate surface area is 129 Å². The highest BCUT2D eigenvalue weighted by Crippen LogP contribution is 2.27. The Balaban J connectivity index is 1.90. The minimum Gasteiger partial charge on any atom is -0.444 e. The average molecular weight is 311 g/mol. The van der Waals surface area contributed by atoms with Gasteiger partial charge in [-0.2, -0.15) is 0 Å². The zero-order chi connectivity index (χ0) is 15.5. The van der Waals surface area contributed by atoms with Gasteiger partial charge in [-0.3, -0.25) is 0 Å². The molecule has 0 unspecified atom stereocenters. The highest BCUT2D eigenvalue weighted by Gasteiger charge is 2.31. The Kier molecular flexibility index (Phi) is 5.14. The van der Waals surface area contributed by atoms with Gasteiger partial charge in [0.1, 0.15) is 11.4 Å². The number of nitrogens with zero attached hydrogens (tertiary/aromatic N) is 1. The maximum absolute atomic E-state index is 12.9. The van der Waals surface area contributed by atoms with Crippen molar-refractivity contribution in [2.24, 2.45) is 0 Å². The molecule has 1 fully saturated rings. The first-order chi connectivity index (χ1) is 9.85. The van der Waals surface area contributed by atoms with Gasteiger partial charge in [-0.25, -0.2) is 9.18 Å². The van der Waals surface area contributed by atoms with Gasteiger partial charge in [0.25, 0.3) is 0 Å². The lowest BCUT2D eigenvalue weighted by molar-refractivity contribution is 0.0242. The summed E-state index contributed by atoms with van der Waals surface area (Å²) in [5, 5.41) is 0. The van der Waals surface area contributed by atoms with Crippen LogP contribution in [0.3, 0.4) is 0 Å². The van der Waals surface area contributed by atoms with Gasteiger partial charge in [-0.05, 0) is 57.9 Å². The maximum Gasteiger partial charge on any atom is 0.410 e. The maximum atomic E-state index is 12.9. The number of amides is 1. The van der Waals surface area contributed by atoms with Crippen molar-refractivity contribution in [3.05, 3.63) is 30.1 Å². The number of carbonyl (C=O) groups is 1. The molecule has 1 amide bonds. The molecule has 1 saturated heterocycles. The molecule has 1 aromatic carbocycles. The molecule has 0 N–H and O–H groups in total. The van der Waals surface area contributed by atoms with Crippen LogP contribution >= 0.6 is 11.8 Å². The predicted octanol–water partition coefficient (Wildman–Crippen LogP) is 4.32. The van der Waals surface area contributed by atoms with Gasteiger partial charge in [0, 0.05) is 23.2 Å². The Morgan fingerprint density at radius 3 is 2.67 bits per heavy atom. The van der Waals surface area contributed by atoms with Gasteiger partial charge in [-0.1, -0.05) is 0 Å². The van der Waals surface area contributed by atoms with E-state index < -0.39 is 5.60 Å². The second-order valence-electron chi connectivity index (χ2n) is 6.23. The van der Waals surface area contributed by atoms with E-state index >= 15 is 0 Å². The van der Waals surface area contributed by atoms with Crippen molar-refractivity contribution in [1.82, 2.24) is 4.90 Å². The molecule has 1 heterocycles. The van der Waals surface area contributed by atoms with E-state index in [4.69, 9.17) is 4.74 Å². The second-order valence-corrected chi connectivity index (χ2v) is 7.33. The number of benzene rings is 1. The van der Waals surface area contributed by atoms with Gasteiger partial charge >= 0.3 is 6.09 Å². The zero-order valence-corrected chi connectivity index (χ0v) is 13.6. The number of likely N-dealkylation sites (tertiary alicyclic amines) is 1. The number of carbonyl (C=O) groups excluding carboxylic acids is 1. The zero-order valence-electron chi connectivity index (χ0n) is 12.8. The van der Waals surface area contributed by atoms with Crippen molar-refractivity contribution in [3.8, 4) is 0 Å². The summed E-state index contributed by atoms with van der Waals surface area (Å²) in [4.78, 5) is 15.0. The summed E-state index contributed by atoms with van der Waals surface area (Å²) in [6.45, 7) is 6.39. The third-order valence-electron chi connectivity index (χ3n) is 3.26. The number of hydrogen-bond acceptors (Lipinski definition) is 3. The fourth-order valence-electron chi connectivity index (χ4n) is 2.29. The SMILES string of the molecule is CC(C)(C)OC(=O)N1CCC[C@@H]1CSc1ccc(F)cc1. The predicted molar refractivity (Wildman–Crippen MR) is 83.1 cm³/mol. The highest BCUT2D eigenvalue weighted by molar-refractivity contribution is 7.99. The lowest BCUT2D eigenvalue weighted by Gasteiger charge is -2.28. The normalized spacial score (nSPS) is 18.9. The van der Waals surface area contributed by atoms with E-state index in [0.717, 1.165) is 30.0 Å². The van der Waals surface area contributed by atoms with E-state index in [-0.39, 0.29) is 18.0 Å². The van der Waals surface area contributed by atoms with Crippen molar-refractivity contribution in [2.75, 3.05) is 12.3 Å². The van der Waals surface area contributed by atoms with Crippen molar-refractivity contribution in [1.29, 1.82) is 0 Å². The summed E-state index contributed by atoms with van der Waals surface area (Å²) in [7, 11) is 0. The van der Waals surface area contributed by atoms with E-state index in [2.05, 4.69) is 0 Å². The number of halogens is 1. The molecule has 5 heteroatoms. The molecular formula is C16H22FNO2S. The smallest absolute Gasteiger partial charge is 0.410 e. The van der Waals surface area contributed by atoms with Crippen LogP contribution in [0.4, 0.5) is 9.18 Å². The van der Waals surface area contributed by atoms with Crippen molar-refractivity contribution >= 4 is 17.9 Å². The summed E-state index contributed by atoms with van der Waals surface area (Å²) in [5.74, 6) is 0.584. The summed E-state index contributed by atoms with van der Waals surface area (Å²) in [5.41, 5.74) is -0.464. The third kappa shape index (κ3) is 4.92. The molecule has 116 valence electrons. The topological polar surface area (TPSA) is 29.5 Å². The fourth-order valence-corrected chi connectivity index (χ4v) is 3.35. The molecule has 0 bridgehead atoms. The van der Waals surface area contributed by atoms with Crippen LogP contribution in [-0.2, 0) is 4.74 Å². The first kappa shape index (κ1) is 16.1. The van der Waals surface area contributed by atoms with Crippen molar-refractivity contribution < 1.29 is 13.9 Å². The van der Waals surface area contributed by atoms with E-state index in [1.54, 1.807) is 23.9 Å². The molecule has 0 aromatic heterocycles. The van der Waals surface area contributed by atoms with Crippen LogP contribution in [0.15, 0.2) is 29.2 Å². The van der Waals surface area contributed by atoms with Crippen LogP contribution < -0.4 is 0 Å². The minimum atomic E-state index is -0.464. The molecule has 3 nitrogen and oxygen atoms in total. The highest BCUT2D eigenvalue weighted by atomic mass is 32.2. The third-order valence-corrected chi connectivity index (χ3v) is 4.42. The van der Waals surface area contributed by atoms with Gasteiger partial charge in [0.2, 0.25) is 0 Å². The van der Waals surface area contributed by atoms with Crippen LogP contribution in [0, 0.1) is 5.82 Å². The van der Waals surface area contributed by atoms with Gasteiger partial charge in [0.05, 0.1) is 0 Å². The standard InChI is InChI=1S/C16H22FNO2S/c1-16(2,3)20-15(19)18-10-4-5-13(18)11-21-14-8-6-12(17)7-9-14/h6-9,13H,4-5,10-11H2,1-3H3/t13-/m1/s1. The van der Waals surface area contributed by atoms with Crippen molar-refractivity contribution in [2.45, 2.75) is 50.2 Å². The van der Waals surface area contributed by atoms with Crippen LogP contribution in [0.2, 0.25) is 0 Å². The Morgan fingerprint density at radius 1 is 1.38 bits per heavy atom. The molecule has 0 radical (unpaired) electrons. The first-order valence-electron chi connectivity index (χ1n) is 7.23. The second kappa shape index (κ2) is 6.69. The monoisotopic (exact) mass is 311 g/mol. The number of hydrogen-bond donors (Lipinski definition) is 0. The molecule has 0 saturated carbocycles. The average Bonchev–Trinajstić information content (AvgIpc) is 2.84. The molecule has 0 spiro atoms. The molecule has 1 aliphatic heterocycles. The number of rotatable bonds is 3. The largest absolute Gasteiger partial charge is 0.444 e. The summed E-state index contributed by atoms with van der Waals surface area (Å²) >= 11 is 1.65. The van der Waals surface area contributed by atoms with E-state index in [1.165, 1.54) is 12.1 Å². The van der Waals surface area contributed by atoms with Gasteiger partial charge in [0.15, 0.2) is 0 Å². The van der Waals surface area contributed by atoms with Gasteiger partial charge < -0.3 is 9.64 Å². The quantitative estimate of drug-likeness (QED) is 0.779. The molecule has 21 heavy (non-hydrogen) atoms. The van der Waals surface area contributed by atoms with Crippen LogP contribution in [0.25, 0.3) is 0 Å². The van der Waals surface area contributed by atoms with E-state index in [0.29, 0.717) is 0 Å². The van der Waals surface area contributed by atoms with E-state index in [1.807, 2.05) is 25.7 Å². The Morgan fingerprint density at radius 2 is 2.05 bits per heavy atom. The number of ether oxygens (including phenoxy) is 1. The van der Waals surface area contributed by atoms with Crippen LogP contribution in [0.1, 0.15) is 33.6 Å². The Hall–Kier alpha value is -1.23. The minimum absolute atomic E-state index is 0.190. The van der Waals surface area contributed by atoms with Crippen molar-refractivity contribution in [3.63, 3.8) is 0 Å². The first-order valence-corrected chi connectivity index (χ1v) is 8.22. The summed E-state index contributed by atoms with van der Waals surface area (Å²) in [6, 6.07) is 6.65. The molecular weight excluding hydrogens is 289 g/mol. The van der Waals surface area contributed by atoms with Gasteiger partial charge in [-0.15, -0.1) is 11.8 Å². The molecule has 1 atom stereocenters. The fraction of sp³-hybridized carbons (Fsp3) is 0.562. The lowest BCUT2D eigenvalue weighted by Crippen LogP contribution is -2.40. The van der Waals surface area contributed by atoms with Crippen LogP contribution in [0.5, 0.6) is 0 Å². The summed E-state index contributed by atoms with van der Waals surface area (Å²) in [6.07, 6.45) is 1.77. The molecule has 2 rings (SSSR count). The number of thioether (sulfide) groups is 1. The van der Waals surface area contributed by atoms with E-state index in [9.17, 15) is 9.18 Å². The van der Waals surface area contributed by atoms with Crippen LogP contribution in [-0.4, -0.2) is 34.9 Å². The lowest BCUT2D eigenvalue weighted by atomic mass is 10.2. The molecule has 1 aliphatic rings. The molecule has 1 aromatic rings. The summed E-state index contributed by atoms with van der Waals surface area (Å²) < 4.78 is 18.3. The Bertz CT molecular complexity index is 484. The molecule has 0 aliphatic carbocycles.